The fourth-order valence-corrected chi connectivity index (χ4v) is 3.33. The van der Waals surface area contributed by atoms with E-state index in [0.29, 0.717) is 24.4 Å². The van der Waals surface area contributed by atoms with Gasteiger partial charge >= 0.3 is 6.09 Å². The summed E-state index contributed by atoms with van der Waals surface area (Å²) >= 11 is 0. The third-order valence-electron chi connectivity index (χ3n) is 4.46. The van der Waals surface area contributed by atoms with Crippen molar-refractivity contribution in [3.05, 3.63) is 30.0 Å². The van der Waals surface area contributed by atoms with Gasteiger partial charge in [-0.15, -0.1) is 0 Å². The van der Waals surface area contributed by atoms with E-state index in [9.17, 15) is 9.59 Å². The molecular weight excluding hydrogens is 312 g/mol. The fourth-order valence-electron chi connectivity index (χ4n) is 3.33. The first-order valence-electron chi connectivity index (χ1n) is 7.55. The molecule has 4 rings (SSSR count). The zero-order valence-electron chi connectivity index (χ0n) is 13.0. The lowest BCUT2D eigenvalue weighted by Gasteiger charge is -2.20. The zero-order chi connectivity index (χ0) is 16.8. The molecule has 0 radical (unpaired) electrons. The topological polar surface area (TPSA) is 107 Å². The van der Waals surface area contributed by atoms with E-state index in [4.69, 9.17) is 15.2 Å². The number of carbonyl (C=O) groups excluding carboxylic acids is 2. The van der Waals surface area contributed by atoms with Crippen molar-refractivity contribution in [1.82, 2.24) is 10.3 Å². The number of methoxy groups -OCH3 is 1. The highest BCUT2D eigenvalue weighted by Gasteiger charge is 2.42. The van der Waals surface area contributed by atoms with Crippen molar-refractivity contribution in [1.29, 1.82) is 0 Å². The van der Waals surface area contributed by atoms with Crippen LogP contribution in [0.5, 0.6) is 5.75 Å². The molecule has 8 nitrogen and oxygen atoms in total. The predicted molar refractivity (Wildman–Crippen MR) is 86.2 cm³/mol. The van der Waals surface area contributed by atoms with Gasteiger partial charge in [-0.05, 0) is 23.6 Å². The first-order valence-corrected chi connectivity index (χ1v) is 7.55. The Labute approximate surface area is 137 Å². The number of hydrogen-bond donors (Lipinski definition) is 2. The van der Waals surface area contributed by atoms with Gasteiger partial charge in [-0.25, -0.2) is 9.78 Å². The van der Waals surface area contributed by atoms with E-state index >= 15 is 0 Å². The van der Waals surface area contributed by atoms with Crippen molar-refractivity contribution in [3.8, 4) is 5.75 Å². The number of anilines is 1. The van der Waals surface area contributed by atoms with Crippen molar-refractivity contribution in [3.63, 3.8) is 0 Å². The van der Waals surface area contributed by atoms with E-state index in [2.05, 4.69) is 15.2 Å². The minimum atomic E-state index is -0.543. The summed E-state index contributed by atoms with van der Waals surface area (Å²) in [4.78, 5) is 29.4. The molecule has 24 heavy (non-hydrogen) atoms. The lowest BCUT2D eigenvalue weighted by atomic mass is 10.1. The normalized spacial score (nSPS) is 22.2. The van der Waals surface area contributed by atoms with Gasteiger partial charge in [-0.3, -0.25) is 4.79 Å². The number of ether oxygens (including phenoxy) is 2. The van der Waals surface area contributed by atoms with Gasteiger partial charge in [0.2, 0.25) is 0 Å². The van der Waals surface area contributed by atoms with Crippen LogP contribution in [0.1, 0.15) is 10.4 Å². The van der Waals surface area contributed by atoms with Crippen molar-refractivity contribution in [2.75, 3.05) is 25.1 Å². The van der Waals surface area contributed by atoms with E-state index in [1.165, 1.54) is 7.11 Å². The Kier molecular flexibility index (Phi) is 3.19. The van der Waals surface area contributed by atoms with Gasteiger partial charge in [0, 0.05) is 18.1 Å². The van der Waals surface area contributed by atoms with Gasteiger partial charge < -0.3 is 25.4 Å². The third kappa shape index (κ3) is 2.18. The summed E-state index contributed by atoms with van der Waals surface area (Å²) in [6.45, 7) is 1.18. The Balaban J connectivity index is 1.77. The predicted octanol–water partition coefficient (Wildman–Crippen LogP) is 0.639. The number of primary amides is 1. The van der Waals surface area contributed by atoms with Crippen LogP contribution in [-0.4, -0.2) is 49.3 Å². The maximum Gasteiger partial charge on any atom is 0.407 e. The molecule has 0 spiro atoms. The second-order valence-electron chi connectivity index (χ2n) is 5.87. The number of alkyl carbamates (subject to hydrolysis) is 1. The SMILES string of the molecule is COc1cc2c(N3C[C@@H]4NC(=O)O[C@@H]4C3)nccc2cc1C(N)=O. The molecular formula is C16H16N4O4. The van der Waals surface area contributed by atoms with Crippen LogP contribution in [0.15, 0.2) is 24.4 Å². The van der Waals surface area contributed by atoms with Gasteiger partial charge in [-0.1, -0.05) is 0 Å². The molecule has 2 aromatic rings. The Hall–Kier alpha value is -3.03. The van der Waals surface area contributed by atoms with Gasteiger partial charge in [0.1, 0.15) is 17.7 Å². The maximum atomic E-state index is 11.6. The van der Waals surface area contributed by atoms with Crippen molar-refractivity contribution < 1.29 is 19.1 Å². The number of nitrogens with one attached hydrogen (secondary N) is 1. The first-order chi connectivity index (χ1) is 11.6. The average Bonchev–Trinajstić information content (AvgIpc) is 3.10. The minimum absolute atomic E-state index is 0.0404. The van der Waals surface area contributed by atoms with Gasteiger partial charge in [-0.2, -0.15) is 0 Å². The van der Waals surface area contributed by atoms with E-state index in [1.54, 1.807) is 18.3 Å². The van der Waals surface area contributed by atoms with Crippen molar-refractivity contribution in [2.24, 2.45) is 5.73 Å². The zero-order valence-corrected chi connectivity index (χ0v) is 13.0. The largest absolute Gasteiger partial charge is 0.496 e. The summed E-state index contributed by atoms with van der Waals surface area (Å²) in [7, 11) is 1.49. The molecule has 3 N–H and O–H groups in total. The van der Waals surface area contributed by atoms with Crippen LogP contribution in [0, 0.1) is 0 Å². The van der Waals surface area contributed by atoms with Gasteiger partial charge in [0.25, 0.3) is 5.91 Å². The highest BCUT2D eigenvalue weighted by atomic mass is 16.6. The molecule has 2 fully saturated rings. The van der Waals surface area contributed by atoms with Crippen LogP contribution in [0.4, 0.5) is 10.6 Å². The van der Waals surface area contributed by atoms with Crippen molar-refractivity contribution in [2.45, 2.75) is 12.1 Å². The number of nitrogens with zero attached hydrogens (tertiary/aromatic N) is 2. The van der Waals surface area contributed by atoms with E-state index in [1.807, 2.05) is 6.07 Å². The number of rotatable bonds is 3. The molecule has 0 bridgehead atoms. The summed E-state index contributed by atoms with van der Waals surface area (Å²) in [6, 6.07) is 5.25. The smallest absolute Gasteiger partial charge is 0.407 e. The summed E-state index contributed by atoms with van der Waals surface area (Å²) in [5, 5.41) is 4.49. The Bertz CT molecular complexity index is 837. The lowest BCUT2D eigenvalue weighted by Crippen LogP contribution is -2.32. The van der Waals surface area contributed by atoms with Crippen LogP contribution >= 0.6 is 0 Å². The van der Waals surface area contributed by atoms with Crippen LogP contribution in [0.25, 0.3) is 10.8 Å². The molecule has 0 aliphatic carbocycles. The van der Waals surface area contributed by atoms with Crippen LogP contribution in [0.2, 0.25) is 0 Å². The first kappa shape index (κ1) is 14.6. The summed E-state index contributed by atoms with van der Waals surface area (Å²) in [5.74, 6) is 0.626. The summed E-state index contributed by atoms with van der Waals surface area (Å²) in [5.41, 5.74) is 5.74. The van der Waals surface area contributed by atoms with Crippen molar-refractivity contribution >= 4 is 28.6 Å². The minimum Gasteiger partial charge on any atom is -0.496 e. The van der Waals surface area contributed by atoms with Gasteiger partial charge in [0.15, 0.2) is 0 Å². The Morgan fingerprint density at radius 3 is 3.00 bits per heavy atom. The summed E-state index contributed by atoms with van der Waals surface area (Å²) < 4.78 is 10.5. The van der Waals surface area contributed by atoms with Gasteiger partial charge in [0.05, 0.1) is 25.3 Å². The Morgan fingerprint density at radius 1 is 1.46 bits per heavy atom. The number of carbonyl (C=O) groups is 2. The maximum absolute atomic E-state index is 11.6. The lowest BCUT2D eigenvalue weighted by molar-refractivity contribution is 0.0997. The quantitative estimate of drug-likeness (QED) is 0.856. The fraction of sp³-hybridized carbons (Fsp3) is 0.312. The highest BCUT2D eigenvalue weighted by molar-refractivity contribution is 6.03. The monoisotopic (exact) mass is 328 g/mol. The molecule has 1 aromatic carbocycles. The molecule has 0 unspecified atom stereocenters. The number of hydrogen-bond acceptors (Lipinski definition) is 6. The van der Waals surface area contributed by atoms with E-state index in [0.717, 1.165) is 16.6 Å². The molecule has 0 saturated carbocycles. The molecule has 2 atom stereocenters. The molecule has 2 aliphatic rings. The molecule has 2 amide bonds. The second kappa shape index (κ2) is 5.26. The number of pyridine rings is 1. The molecule has 3 heterocycles. The Morgan fingerprint density at radius 2 is 2.29 bits per heavy atom. The van der Waals surface area contributed by atoms with Crippen LogP contribution in [0.3, 0.4) is 0 Å². The highest BCUT2D eigenvalue weighted by Crippen LogP contribution is 2.33. The van der Waals surface area contributed by atoms with Crippen LogP contribution in [-0.2, 0) is 4.74 Å². The molecule has 1 aromatic heterocycles. The summed E-state index contributed by atoms with van der Waals surface area (Å²) in [6.07, 6.45) is 1.13. The molecule has 2 saturated heterocycles. The number of amides is 2. The molecule has 2 aliphatic heterocycles. The third-order valence-corrected chi connectivity index (χ3v) is 4.46. The number of fused-ring (bicyclic) bond motifs is 2. The average molecular weight is 328 g/mol. The number of benzene rings is 1. The molecule has 8 heteroatoms. The second-order valence-corrected chi connectivity index (χ2v) is 5.87. The number of aromatic nitrogens is 1. The molecule has 124 valence electrons. The number of nitrogens with two attached hydrogens (primary N) is 1. The standard InChI is InChI=1S/C16H16N4O4/c1-23-12-5-9-8(4-10(12)14(17)21)2-3-18-15(9)20-6-11-13(7-20)24-16(22)19-11/h2-5,11,13H,6-7H2,1H3,(H2,17,21)(H,19,22)/t11-,13+/m0/s1. The van der Waals surface area contributed by atoms with E-state index in [-0.39, 0.29) is 18.2 Å². The van der Waals surface area contributed by atoms with Crippen LogP contribution < -0.4 is 20.7 Å². The van der Waals surface area contributed by atoms with E-state index < -0.39 is 5.91 Å².